The summed E-state index contributed by atoms with van der Waals surface area (Å²) in [5.74, 6) is -1.37. The molecule has 15 heteroatoms. The monoisotopic (exact) mass is 847 g/mol. The van der Waals surface area contributed by atoms with Gasteiger partial charge in [-0.2, -0.15) is 10.2 Å². The summed E-state index contributed by atoms with van der Waals surface area (Å²) in [6.45, 7) is 1.86. The van der Waals surface area contributed by atoms with Crippen LogP contribution in [0.15, 0.2) is 85.2 Å². The molecule has 0 spiro atoms. The molecule has 61 heavy (non-hydrogen) atoms. The van der Waals surface area contributed by atoms with Crippen molar-refractivity contribution < 1.29 is 44.2 Å². The number of nitrogens with one attached hydrogen (secondary N) is 2. The van der Waals surface area contributed by atoms with Gasteiger partial charge in [0.25, 0.3) is 0 Å². The van der Waals surface area contributed by atoms with E-state index >= 15 is 0 Å². The first-order chi connectivity index (χ1) is 29.3. The van der Waals surface area contributed by atoms with Crippen LogP contribution in [0.5, 0.6) is 17.5 Å². The lowest BCUT2D eigenvalue weighted by Gasteiger charge is -2.24. The molecule has 2 aliphatic carbocycles. The molecule has 5 aromatic rings. The molecule has 3 aromatic carbocycles. The molecular weight excluding hydrogens is 802 g/mol. The minimum Gasteiger partial charge on any atom is -0.486 e. The van der Waals surface area contributed by atoms with Gasteiger partial charge < -0.3 is 34.6 Å². The molecule has 2 heterocycles. The third kappa shape index (κ3) is 9.31. The smallest absolute Gasteiger partial charge is 0.326 e. The average Bonchev–Trinajstić information content (AvgIpc) is 3.89. The third-order valence-electron chi connectivity index (χ3n) is 11.4. The van der Waals surface area contributed by atoms with Crippen molar-refractivity contribution in [2.75, 3.05) is 13.2 Å². The molecule has 7 rings (SSSR count). The van der Waals surface area contributed by atoms with E-state index in [0.717, 1.165) is 47.1 Å². The van der Waals surface area contributed by atoms with E-state index in [1.807, 2.05) is 30.3 Å². The molecule has 0 bridgehead atoms. The number of halogens is 1. The molecule has 0 amide bonds. The Labute approximate surface area is 357 Å². The van der Waals surface area contributed by atoms with Crippen LogP contribution in [-0.2, 0) is 42.1 Å². The molecule has 0 saturated carbocycles. The number of pyridine rings is 2. The minimum atomic E-state index is -1.63. The first kappa shape index (κ1) is 43.0. The first-order valence-electron chi connectivity index (χ1n) is 19.9. The molecule has 6 N–H and O–H groups in total. The van der Waals surface area contributed by atoms with Gasteiger partial charge in [0.15, 0.2) is 0 Å². The second-order valence-electron chi connectivity index (χ2n) is 15.7. The van der Waals surface area contributed by atoms with Gasteiger partial charge in [-0.3, -0.25) is 25.2 Å². The number of fused-ring (bicyclic) bond motifs is 2. The van der Waals surface area contributed by atoms with Crippen LogP contribution >= 0.6 is 11.6 Å². The molecule has 2 aliphatic rings. The summed E-state index contributed by atoms with van der Waals surface area (Å²) in [4.78, 5) is 32.2. The number of aromatic nitrogens is 2. The van der Waals surface area contributed by atoms with Crippen molar-refractivity contribution in [2.24, 2.45) is 0 Å². The van der Waals surface area contributed by atoms with Gasteiger partial charge in [-0.25, -0.2) is 0 Å². The zero-order valence-electron chi connectivity index (χ0n) is 33.7. The maximum atomic E-state index is 11.9. The van der Waals surface area contributed by atoms with Gasteiger partial charge in [-0.15, -0.1) is 0 Å². The number of carboxylic acid groups (broad SMARTS) is 2. The zero-order valence-corrected chi connectivity index (χ0v) is 34.4. The molecule has 316 valence electrons. The summed E-state index contributed by atoms with van der Waals surface area (Å²) in [6, 6.07) is 25.4. The van der Waals surface area contributed by atoms with Crippen LogP contribution in [0.2, 0.25) is 5.02 Å². The van der Waals surface area contributed by atoms with Crippen molar-refractivity contribution in [3.63, 3.8) is 0 Å². The fourth-order valence-electron chi connectivity index (χ4n) is 7.56. The standard InChI is InChI=1S/C46H46ClN5O9/c1-45(25-53,43(55)56)50-22-27-9-11-31(12-10-27)60-39-15-13-34-32(5-3-7-36(34)39)33-6-4-8-37-35(33)14-16-40(37)61-42-38(47)18-30(23-51-46(2,26-54)44(57)58)41(52-42)59-24-29-17-28(19-48)20-49-21-29/h3-12,17-18,20-21,39-40,50-51,53-54H,13-16,22-26H2,1-2H3,(H,55,56)(H,57,58)/t39-,40-,45?,46-/m0/s1. The van der Waals surface area contributed by atoms with Crippen LogP contribution in [0.1, 0.15) is 83.4 Å². The highest BCUT2D eigenvalue weighted by molar-refractivity contribution is 6.31. The molecule has 0 saturated heterocycles. The highest BCUT2D eigenvalue weighted by Gasteiger charge is 2.34. The van der Waals surface area contributed by atoms with Crippen molar-refractivity contribution in [3.8, 4) is 34.7 Å². The van der Waals surface area contributed by atoms with E-state index in [9.17, 15) is 35.3 Å². The summed E-state index contributed by atoms with van der Waals surface area (Å²) >= 11 is 6.80. The zero-order chi connectivity index (χ0) is 43.3. The SMILES string of the molecule is CC(CO)(NCc1ccc(O[C@H]2CCc3c(-c4cccc5c4CC[C@@H]5Oc4nc(OCc5cncc(C#N)c5)c(CN[C@@](C)(CO)C(=O)O)cc4Cl)cccc32)cc1)C(=O)O. The molecule has 0 fully saturated rings. The third-order valence-corrected chi connectivity index (χ3v) is 11.7. The van der Waals surface area contributed by atoms with Gasteiger partial charge in [-0.05, 0) is 103 Å². The van der Waals surface area contributed by atoms with Crippen LogP contribution in [0.3, 0.4) is 0 Å². The number of hydrogen-bond acceptors (Lipinski definition) is 12. The van der Waals surface area contributed by atoms with Crippen molar-refractivity contribution >= 4 is 23.5 Å². The van der Waals surface area contributed by atoms with E-state index in [1.54, 1.807) is 18.3 Å². The van der Waals surface area contributed by atoms with Gasteiger partial charge in [-0.1, -0.05) is 60.1 Å². The molecule has 0 aliphatic heterocycles. The fraction of sp³-hybridized carbons (Fsp3) is 0.326. The van der Waals surface area contributed by atoms with Crippen LogP contribution < -0.4 is 24.8 Å². The minimum absolute atomic E-state index is 0.00851. The number of aliphatic hydroxyl groups is 2. The average molecular weight is 848 g/mol. The normalized spacial score (nSPS) is 17.3. The van der Waals surface area contributed by atoms with Crippen LogP contribution in [0.4, 0.5) is 0 Å². The molecule has 1 unspecified atom stereocenters. The second kappa shape index (κ2) is 18.3. The maximum absolute atomic E-state index is 11.9. The predicted molar refractivity (Wildman–Crippen MR) is 224 cm³/mol. The topological polar surface area (TPSA) is 216 Å². The van der Waals surface area contributed by atoms with E-state index in [2.05, 4.69) is 57.0 Å². The van der Waals surface area contributed by atoms with Gasteiger partial charge >= 0.3 is 11.9 Å². The Morgan fingerprint density at radius 3 is 1.97 bits per heavy atom. The highest BCUT2D eigenvalue weighted by Crippen LogP contribution is 2.45. The first-order valence-corrected chi connectivity index (χ1v) is 20.2. The van der Waals surface area contributed by atoms with Crippen molar-refractivity contribution in [1.82, 2.24) is 20.6 Å². The molecular formula is C46H46ClN5O9. The predicted octanol–water partition coefficient (Wildman–Crippen LogP) is 6.23. The Morgan fingerprint density at radius 2 is 1.39 bits per heavy atom. The van der Waals surface area contributed by atoms with Gasteiger partial charge in [0, 0.05) is 36.6 Å². The van der Waals surface area contributed by atoms with E-state index < -0.39 is 36.2 Å². The van der Waals surface area contributed by atoms with Crippen LogP contribution in [0.25, 0.3) is 11.1 Å². The quantitative estimate of drug-likeness (QED) is 0.0577. The number of hydrogen-bond donors (Lipinski definition) is 6. The Morgan fingerprint density at radius 1 is 0.803 bits per heavy atom. The Hall–Kier alpha value is -6.08. The summed E-state index contributed by atoms with van der Waals surface area (Å²) in [5.41, 5.74) is 6.02. The van der Waals surface area contributed by atoms with Crippen molar-refractivity contribution in [1.29, 1.82) is 5.26 Å². The molecule has 0 radical (unpaired) electrons. The summed E-state index contributed by atoms with van der Waals surface area (Å²) in [7, 11) is 0. The van der Waals surface area contributed by atoms with Crippen LogP contribution in [-0.4, -0.2) is 66.6 Å². The number of nitriles is 1. The number of ether oxygens (including phenoxy) is 3. The number of nitrogens with zero attached hydrogens (tertiary/aromatic N) is 3. The fourth-order valence-corrected chi connectivity index (χ4v) is 7.78. The van der Waals surface area contributed by atoms with Gasteiger partial charge in [0.2, 0.25) is 11.8 Å². The Balaban J connectivity index is 1.09. The van der Waals surface area contributed by atoms with E-state index in [4.69, 9.17) is 25.8 Å². The Kier molecular flexibility index (Phi) is 12.9. The molecule has 4 atom stereocenters. The summed E-state index contributed by atoms with van der Waals surface area (Å²) in [5, 5.41) is 53.8. The van der Waals surface area contributed by atoms with Crippen molar-refractivity contribution in [2.45, 2.75) is 82.5 Å². The highest BCUT2D eigenvalue weighted by atomic mass is 35.5. The van der Waals surface area contributed by atoms with Gasteiger partial charge in [0.05, 0.1) is 18.8 Å². The van der Waals surface area contributed by atoms with E-state index in [1.165, 1.54) is 31.2 Å². The molecule has 14 nitrogen and oxygen atoms in total. The maximum Gasteiger partial charge on any atom is 0.326 e. The number of carbonyl (C=O) groups is 2. The lowest BCUT2D eigenvalue weighted by Crippen LogP contribution is -2.52. The molecule has 2 aromatic heterocycles. The van der Waals surface area contributed by atoms with Gasteiger partial charge in [0.1, 0.15) is 46.7 Å². The van der Waals surface area contributed by atoms with E-state index in [-0.39, 0.29) is 48.7 Å². The van der Waals surface area contributed by atoms with Crippen molar-refractivity contribution in [3.05, 3.63) is 135 Å². The number of carboxylic acids is 2. The van der Waals surface area contributed by atoms with E-state index in [0.29, 0.717) is 28.9 Å². The number of benzene rings is 3. The number of aliphatic carboxylic acids is 2. The Bertz CT molecular complexity index is 2480. The number of aliphatic hydroxyl groups excluding tert-OH is 2. The second-order valence-corrected chi connectivity index (χ2v) is 16.1. The lowest BCUT2D eigenvalue weighted by molar-refractivity contribution is -0.146. The number of rotatable bonds is 18. The summed E-state index contributed by atoms with van der Waals surface area (Å²) < 4.78 is 19.2. The summed E-state index contributed by atoms with van der Waals surface area (Å²) in [6.07, 6.45) is 5.57. The lowest BCUT2D eigenvalue weighted by atomic mass is 9.91. The largest absolute Gasteiger partial charge is 0.486 e. The van der Waals surface area contributed by atoms with Crippen LogP contribution in [0, 0.1) is 11.3 Å².